The van der Waals surface area contributed by atoms with Gasteiger partial charge in [0.2, 0.25) is 0 Å². The Bertz CT molecular complexity index is 803. The smallest absolute Gasteiger partial charge is 0.181 e. The molecule has 0 radical (unpaired) electrons. The van der Waals surface area contributed by atoms with E-state index >= 15 is 0 Å². The highest BCUT2D eigenvalue weighted by Gasteiger charge is 2.48. The maximum atomic E-state index is 12.6. The van der Waals surface area contributed by atoms with E-state index in [1.165, 1.54) is 6.39 Å². The summed E-state index contributed by atoms with van der Waals surface area (Å²) in [6.07, 6.45) is 3.70. The van der Waals surface area contributed by atoms with Crippen LogP contribution in [-0.4, -0.2) is 29.7 Å². The summed E-state index contributed by atoms with van der Waals surface area (Å²) in [6, 6.07) is 5.21. The largest absolute Gasteiger partial charge is 0.443 e. The summed E-state index contributed by atoms with van der Waals surface area (Å²) in [4.78, 5) is 16.7. The Morgan fingerprint density at radius 2 is 1.90 bits per heavy atom. The monoisotopic (exact) mass is 305 g/mol. The minimum atomic E-state index is -2.98. The Kier molecular flexibility index (Phi) is 2.73. The molecule has 5 nitrogen and oxygen atoms in total. The minimum absolute atomic E-state index is 0.0340. The van der Waals surface area contributed by atoms with Crippen molar-refractivity contribution in [1.29, 1.82) is 0 Å². The van der Waals surface area contributed by atoms with Gasteiger partial charge >= 0.3 is 0 Å². The fourth-order valence-corrected chi connectivity index (χ4v) is 6.14. The molecule has 0 amide bonds. The Balaban J connectivity index is 1.63. The first-order valence-electron chi connectivity index (χ1n) is 7.16. The second kappa shape index (κ2) is 4.40. The summed E-state index contributed by atoms with van der Waals surface area (Å²) in [5, 5.41) is -0.637. The number of aromatic nitrogens is 1. The second-order valence-electron chi connectivity index (χ2n) is 5.98. The Labute approximate surface area is 122 Å². The number of hydrogen-bond donors (Lipinski definition) is 0. The zero-order chi connectivity index (χ0) is 14.6. The molecule has 2 aromatic rings. The lowest BCUT2D eigenvalue weighted by molar-refractivity contribution is 0.0905. The molecular formula is C15H15NO4S. The van der Waals surface area contributed by atoms with E-state index < -0.39 is 9.84 Å². The van der Waals surface area contributed by atoms with E-state index in [9.17, 15) is 13.2 Å². The van der Waals surface area contributed by atoms with Crippen LogP contribution in [0.15, 0.2) is 29.0 Å². The summed E-state index contributed by atoms with van der Waals surface area (Å²) in [7, 11) is -2.98. The number of nitrogens with zero attached hydrogens (tertiary/aromatic N) is 1. The SMILES string of the molecule is O=C(c1ccc2ocnc2c1)C1CC2CCC(C1)S2(=O)=O. The van der Waals surface area contributed by atoms with E-state index in [0.717, 1.165) is 0 Å². The predicted molar refractivity (Wildman–Crippen MR) is 76.8 cm³/mol. The first kappa shape index (κ1) is 13.0. The number of benzene rings is 1. The Hall–Kier alpha value is -1.69. The molecule has 0 N–H and O–H groups in total. The van der Waals surface area contributed by atoms with Gasteiger partial charge in [-0.05, 0) is 43.9 Å². The molecule has 0 saturated carbocycles. The van der Waals surface area contributed by atoms with Crippen molar-refractivity contribution in [3.63, 3.8) is 0 Å². The van der Waals surface area contributed by atoms with Crippen molar-refractivity contribution < 1.29 is 17.6 Å². The summed E-state index contributed by atoms with van der Waals surface area (Å²) < 4.78 is 29.3. The molecule has 2 fully saturated rings. The van der Waals surface area contributed by atoms with Gasteiger partial charge in [0.05, 0.1) is 10.5 Å². The topological polar surface area (TPSA) is 77.2 Å². The molecular weight excluding hydrogens is 290 g/mol. The summed E-state index contributed by atoms with van der Waals surface area (Å²) in [5.41, 5.74) is 1.91. The van der Waals surface area contributed by atoms with Crippen LogP contribution in [0.3, 0.4) is 0 Å². The lowest BCUT2D eigenvalue weighted by Crippen LogP contribution is -2.36. The highest BCUT2D eigenvalue weighted by Crippen LogP contribution is 2.42. The number of rotatable bonds is 2. The highest BCUT2D eigenvalue weighted by molar-refractivity contribution is 7.93. The number of carbonyl (C=O) groups is 1. The van der Waals surface area contributed by atoms with Gasteiger partial charge in [-0.15, -0.1) is 0 Å². The summed E-state index contributed by atoms with van der Waals surface area (Å²) in [5.74, 6) is -0.151. The van der Waals surface area contributed by atoms with Crippen molar-refractivity contribution >= 4 is 26.7 Å². The molecule has 2 unspecified atom stereocenters. The van der Waals surface area contributed by atoms with Crippen LogP contribution in [0.4, 0.5) is 0 Å². The molecule has 1 aromatic carbocycles. The van der Waals surface area contributed by atoms with Gasteiger partial charge in [-0.1, -0.05) is 0 Å². The van der Waals surface area contributed by atoms with Crippen molar-refractivity contribution in [2.24, 2.45) is 5.92 Å². The van der Waals surface area contributed by atoms with E-state index in [1.807, 2.05) is 0 Å². The molecule has 0 spiro atoms. The zero-order valence-electron chi connectivity index (χ0n) is 11.4. The van der Waals surface area contributed by atoms with E-state index in [0.29, 0.717) is 42.3 Å². The van der Waals surface area contributed by atoms with Crippen LogP contribution in [0, 0.1) is 5.92 Å². The normalized spacial score (nSPS) is 30.6. The molecule has 110 valence electrons. The maximum absolute atomic E-state index is 12.6. The fraction of sp³-hybridized carbons (Fsp3) is 0.467. The lowest BCUT2D eigenvalue weighted by Gasteiger charge is -2.26. The molecule has 2 aliphatic heterocycles. The van der Waals surface area contributed by atoms with Gasteiger partial charge in [0, 0.05) is 11.5 Å². The zero-order valence-corrected chi connectivity index (χ0v) is 12.2. The molecule has 1 aromatic heterocycles. The second-order valence-corrected chi connectivity index (χ2v) is 8.49. The summed E-state index contributed by atoms with van der Waals surface area (Å²) >= 11 is 0. The number of ketones is 1. The van der Waals surface area contributed by atoms with E-state index in [1.54, 1.807) is 18.2 Å². The number of Topliss-reactive ketones (excluding diaryl/α,β-unsaturated/α-hetero) is 1. The van der Waals surface area contributed by atoms with Gasteiger partial charge in [0.15, 0.2) is 27.6 Å². The predicted octanol–water partition coefficient (Wildman–Crippen LogP) is 2.37. The molecule has 0 aliphatic carbocycles. The van der Waals surface area contributed by atoms with Crippen LogP contribution < -0.4 is 0 Å². The van der Waals surface area contributed by atoms with Crippen LogP contribution in [0.1, 0.15) is 36.0 Å². The van der Waals surface area contributed by atoms with Crippen LogP contribution in [-0.2, 0) is 9.84 Å². The van der Waals surface area contributed by atoms with Gasteiger partial charge in [-0.2, -0.15) is 0 Å². The standard InChI is InChI=1S/C15H15NO4S/c17-15(9-1-4-14-13(7-9)16-8-20-14)10-5-11-2-3-12(6-10)21(11,18)19/h1,4,7-8,10-12H,2-3,5-6H2. The Morgan fingerprint density at radius 1 is 1.19 bits per heavy atom. The molecule has 2 bridgehead atoms. The maximum Gasteiger partial charge on any atom is 0.181 e. The number of oxazole rings is 1. The lowest BCUT2D eigenvalue weighted by atomic mass is 9.90. The average Bonchev–Trinajstić information content (AvgIpc) is 2.94. The van der Waals surface area contributed by atoms with Crippen LogP contribution in [0.2, 0.25) is 0 Å². The van der Waals surface area contributed by atoms with Gasteiger partial charge in [-0.3, -0.25) is 4.79 Å². The third kappa shape index (κ3) is 1.92. The van der Waals surface area contributed by atoms with Crippen molar-refractivity contribution in [2.45, 2.75) is 36.2 Å². The molecule has 3 heterocycles. The quantitative estimate of drug-likeness (QED) is 0.796. The first-order chi connectivity index (χ1) is 10.1. The van der Waals surface area contributed by atoms with Crippen molar-refractivity contribution in [1.82, 2.24) is 4.98 Å². The van der Waals surface area contributed by atoms with Crippen molar-refractivity contribution in [2.75, 3.05) is 0 Å². The van der Waals surface area contributed by atoms with Gasteiger partial charge in [0.1, 0.15) is 5.52 Å². The average molecular weight is 305 g/mol. The molecule has 2 saturated heterocycles. The third-order valence-corrected chi connectivity index (χ3v) is 7.54. The summed E-state index contributed by atoms with van der Waals surface area (Å²) in [6.45, 7) is 0. The Morgan fingerprint density at radius 3 is 2.62 bits per heavy atom. The number of carbonyl (C=O) groups excluding carboxylic acids is 1. The van der Waals surface area contributed by atoms with E-state index in [2.05, 4.69) is 4.98 Å². The van der Waals surface area contributed by atoms with E-state index in [4.69, 9.17) is 4.42 Å². The minimum Gasteiger partial charge on any atom is -0.443 e. The number of hydrogen-bond acceptors (Lipinski definition) is 5. The van der Waals surface area contributed by atoms with Crippen molar-refractivity contribution in [3.8, 4) is 0 Å². The molecule has 2 aliphatic rings. The number of sulfone groups is 1. The number of fused-ring (bicyclic) bond motifs is 3. The molecule has 6 heteroatoms. The molecule has 4 rings (SSSR count). The third-order valence-electron chi connectivity index (χ3n) is 4.82. The first-order valence-corrected chi connectivity index (χ1v) is 8.77. The van der Waals surface area contributed by atoms with Gasteiger partial charge < -0.3 is 4.42 Å². The fourth-order valence-electron chi connectivity index (χ4n) is 3.67. The molecule has 2 atom stereocenters. The van der Waals surface area contributed by atoms with Crippen LogP contribution in [0.25, 0.3) is 11.1 Å². The van der Waals surface area contributed by atoms with Crippen LogP contribution in [0.5, 0.6) is 0 Å². The van der Waals surface area contributed by atoms with Gasteiger partial charge in [0.25, 0.3) is 0 Å². The van der Waals surface area contributed by atoms with E-state index in [-0.39, 0.29) is 22.2 Å². The van der Waals surface area contributed by atoms with Crippen LogP contribution >= 0.6 is 0 Å². The van der Waals surface area contributed by atoms with Gasteiger partial charge in [-0.25, -0.2) is 13.4 Å². The highest BCUT2D eigenvalue weighted by atomic mass is 32.2. The molecule has 21 heavy (non-hydrogen) atoms. The van der Waals surface area contributed by atoms with Crippen molar-refractivity contribution in [3.05, 3.63) is 30.2 Å².